The van der Waals surface area contributed by atoms with E-state index in [0.717, 1.165) is 5.56 Å². The number of halogens is 1. The molecule has 0 radical (unpaired) electrons. The minimum atomic E-state index is -0.648. The fourth-order valence-corrected chi connectivity index (χ4v) is 1.78. The summed E-state index contributed by atoms with van der Waals surface area (Å²) >= 11 is 0. The largest absolute Gasteiger partial charge is 0.463 e. The van der Waals surface area contributed by atoms with E-state index >= 15 is 0 Å². The summed E-state index contributed by atoms with van der Waals surface area (Å²) in [6, 6.07) is 4.26. The predicted molar refractivity (Wildman–Crippen MR) is 68.7 cm³/mol. The number of rotatable bonds is 4. The summed E-state index contributed by atoms with van der Waals surface area (Å²) in [6.07, 6.45) is 0. The molecule has 0 aliphatic carbocycles. The normalized spacial score (nSPS) is 10.6. The van der Waals surface area contributed by atoms with Gasteiger partial charge in [0.1, 0.15) is 11.5 Å². The molecule has 5 nitrogen and oxygen atoms in total. The number of carbonyl (C=O) groups excluding carboxylic acids is 1. The lowest BCUT2D eigenvalue weighted by Crippen LogP contribution is -2.04. The van der Waals surface area contributed by atoms with E-state index in [1.54, 1.807) is 13.0 Å². The smallest absolute Gasteiger partial charge is 0.376 e. The lowest BCUT2D eigenvalue weighted by molar-refractivity contribution is 0.0559. The van der Waals surface area contributed by atoms with Gasteiger partial charge < -0.3 is 13.9 Å². The molecule has 0 saturated heterocycles. The Labute approximate surface area is 115 Å². The van der Waals surface area contributed by atoms with Crippen molar-refractivity contribution >= 4 is 5.97 Å². The molecule has 0 bridgehead atoms. The molecule has 0 unspecified atom stereocenters. The SMILES string of the molecule is COCc1nc(-c2cc(F)ccc2C)oc1C(=O)OC. The number of methoxy groups -OCH3 is 2. The molecule has 0 saturated carbocycles. The number of hydrogen-bond acceptors (Lipinski definition) is 5. The Morgan fingerprint density at radius 1 is 1.40 bits per heavy atom. The highest BCUT2D eigenvalue weighted by Gasteiger charge is 2.22. The summed E-state index contributed by atoms with van der Waals surface area (Å²) in [4.78, 5) is 15.8. The second-order valence-electron chi connectivity index (χ2n) is 4.18. The molecule has 0 spiro atoms. The molecule has 0 N–H and O–H groups in total. The van der Waals surface area contributed by atoms with E-state index in [9.17, 15) is 9.18 Å². The molecule has 0 amide bonds. The number of carbonyl (C=O) groups is 1. The van der Waals surface area contributed by atoms with Crippen molar-refractivity contribution in [2.45, 2.75) is 13.5 Å². The summed E-state index contributed by atoms with van der Waals surface area (Å²) in [7, 11) is 2.72. The Hall–Kier alpha value is -2.21. The van der Waals surface area contributed by atoms with Crippen molar-refractivity contribution in [3.8, 4) is 11.5 Å². The molecule has 2 rings (SSSR count). The summed E-state index contributed by atoms with van der Waals surface area (Å²) in [5.74, 6) is -0.927. The van der Waals surface area contributed by atoms with E-state index in [1.165, 1.54) is 26.4 Å². The topological polar surface area (TPSA) is 61.6 Å². The van der Waals surface area contributed by atoms with Crippen molar-refractivity contribution in [3.63, 3.8) is 0 Å². The fourth-order valence-electron chi connectivity index (χ4n) is 1.78. The molecule has 0 aliphatic heterocycles. The Morgan fingerprint density at radius 2 is 2.15 bits per heavy atom. The molecule has 1 aromatic heterocycles. The van der Waals surface area contributed by atoms with Gasteiger partial charge in [-0.2, -0.15) is 0 Å². The van der Waals surface area contributed by atoms with Gasteiger partial charge in [0, 0.05) is 12.7 Å². The highest BCUT2D eigenvalue weighted by Crippen LogP contribution is 2.26. The van der Waals surface area contributed by atoms with Gasteiger partial charge in [0.05, 0.1) is 13.7 Å². The maximum atomic E-state index is 13.3. The van der Waals surface area contributed by atoms with E-state index in [-0.39, 0.29) is 18.3 Å². The number of esters is 1. The third-order valence-electron chi connectivity index (χ3n) is 2.78. The molecular formula is C14H14FNO4. The monoisotopic (exact) mass is 279 g/mol. The Bertz CT molecular complexity index is 636. The van der Waals surface area contributed by atoms with Crippen molar-refractivity contribution in [2.75, 3.05) is 14.2 Å². The Kier molecular flexibility index (Phi) is 4.14. The summed E-state index contributed by atoms with van der Waals surface area (Å²) < 4.78 is 28.3. The van der Waals surface area contributed by atoms with Gasteiger partial charge in [0.25, 0.3) is 0 Å². The number of oxazole rings is 1. The van der Waals surface area contributed by atoms with Crippen LogP contribution in [0.2, 0.25) is 0 Å². The van der Waals surface area contributed by atoms with Crippen LogP contribution in [0.15, 0.2) is 22.6 Å². The summed E-state index contributed by atoms with van der Waals surface area (Å²) in [6.45, 7) is 1.90. The number of aromatic nitrogens is 1. The van der Waals surface area contributed by atoms with Crippen LogP contribution in [0.5, 0.6) is 0 Å². The maximum absolute atomic E-state index is 13.3. The minimum Gasteiger partial charge on any atom is -0.463 e. The van der Waals surface area contributed by atoms with Crippen LogP contribution in [0, 0.1) is 12.7 Å². The van der Waals surface area contributed by atoms with Crippen molar-refractivity contribution < 1.29 is 23.1 Å². The lowest BCUT2D eigenvalue weighted by atomic mass is 10.1. The van der Waals surface area contributed by atoms with E-state index in [2.05, 4.69) is 9.72 Å². The van der Waals surface area contributed by atoms with Crippen molar-refractivity contribution in [1.82, 2.24) is 4.98 Å². The molecule has 2 aromatic rings. The van der Waals surface area contributed by atoms with E-state index in [4.69, 9.17) is 9.15 Å². The first-order chi connectivity index (χ1) is 9.56. The molecule has 106 valence electrons. The third kappa shape index (κ3) is 2.70. The first-order valence-corrected chi connectivity index (χ1v) is 5.90. The highest BCUT2D eigenvalue weighted by atomic mass is 19.1. The molecule has 0 atom stereocenters. The van der Waals surface area contributed by atoms with E-state index in [1.807, 2.05) is 0 Å². The molecule has 0 fully saturated rings. The van der Waals surface area contributed by atoms with E-state index < -0.39 is 11.8 Å². The first kappa shape index (κ1) is 14.2. The molecule has 0 aliphatic rings. The molecule has 1 aromatic carbocycles. The van der Waals surface area contributed by atoms with Crippen LogP contribution in [-0.4, -0.2) is 25.2 Å². The van der Waals surface area contributed by atoms with Crippen molar-refractivity contribution in [2.24, 2.45) is 0 Å². The zero-order valence-electron chi connectivity index (χ0n) is 11.4. The number of nitrogens with zero attached hydrogens (tertiary/aromatic N) is 1. The first-order valence-electron chi connectivity index (χ1n) is 5.90. The van der Waals surface area contributed by atoms with Crippen LogP contribution < -0.4 is 0 Å². The zero-order valence-corrected chi connectivity index (χ0v) is 11.4. The summed E-state index contributed by atoms with van der Waals surface area (Å²) in [5, 5.41) is 0. The molecular weight excluding hydrogens is 265 g/mol. The lowest BCUT2D eigenvalue weighted by Gasteiger charge is -2.00. The van der Waals surface area contributed by atoms with Gasteiger partial charge in [-0.1, -0.05) is 6.07 Å². The number of hydrogen-bond donors (Lipinski definition) is 0. The number of ether oxygens (including phenoxy) is 2. The average Bonchev–Trinajstić information content (AvgIpc) is 2.85. The van der Waals surface area contributed by atoms with Gasteiger partial charge in [0.2, 0.25) is 11.7 Å². The zero-order chi connectivity index (χ0) is 14.7. The summed E-state index contributed by atoms with van der Waals surface area (Å²) in [5.41, 5.74) is 1.59. The molecule has 6 heteroatoms. The van der Waals surface area contributed by atoms with Crippen LogP contribution in [0.3, 0.4) is 0 Å². The minimum absolute atomic E-state index is 0.0342. The predicted octanol–water partition coefficient (Wildman–Crippen LogP) is 2.72. The van der Waals surface area contributed by atoms with Crippen LogP contribution >= 0.6 is 0 Å². The molecule has 20 heavy (non-hydrogen) atoms. The second kappa shape index (κ2) is 5.83. The van der Waals surface area contributed by atoms with E-state index in [0.29, 0.717) is 11.3 Å². The van der Waals surface area contributed by atoms with Gasteiger partial charge in [-0.15, -0.1) is 0 Å². The van der Waals surface area contributed by atoms with Crippen LogP contribution in [0.1, 0.15) is 21.8 Å². The van der Waals surface area contributed by atoms with Gasteiger partial charge in [0.15, 0.2) is 0 Å². The third-order valence-corrected chi connectivity index (χ3v) is 2.78. The standard InChI is InChI=1S/C14H14FNO4/c1-8-4-5-9(15)6-10(8)13-16-11(7-18-2)12(20-13)14(17)19-3/h4-6H,7H2,1-3H3. The van der Waals surface area contributed by atoms with Crippen LogP contribution in [0.25, 0.3) is 11.5 Å². The fraction of sp³-hybridized carbons (Fsp3) is 0.286. The van der Waals surface area contributed by atoms with Crippen LogP contribution in [0.4, 0.5) is 4.39 Å². The highest BCUT2D eigenvalue weighted by molar-refractivity contribution is 5.88. The van der Waals surface area contributed by atoms with Gasteiger partial charge in [-0.25, -0.2) is 14.2 Å². The van der Waals surface area contributed by atoms with Crippen molar-refractivity contribution in [3.05, 3.63) is 41.0 Å². The number of aryl methyl sites for hydroxylation is 1. The second-order valence-corrected chi connectivity index (χ2v) is 4.18. The quantitative estimate of drug-likeness (QED) is 0.805. The molecule has 1 heterocycles. The maximum Gasteiger partial charge on any atom is 0.376 e. The van der Waals surface area contributed by atoms with Crippen LogP contribution in [-0.2, 0) is 16.1 Å². The average molecular weight is 279 g/mol. The Morgan fingerprint density at radius 3 is 2.80 bits per heavy atom. The van der Waals surface area contributed by atoms with Gasteiger partial charge in [-0.05, 0) is 24.6 Å². The number of benzene rings is 1. The van der Waals surface area contributed by atoms with Gasteiger partial charge in [-0.3, -0.25) is 0 Å². The van der Waals surface area contributed by atoms with Gasteiger partial charge >= 0.3 is 5.97 Å². The van der Waals surface area contributed by atoms with Crippen molar-refractivity contribution in [1.29, 1.82) is 0 Å². The Balaban J connectivity index is 2.52.